The maximum Gasteiger partial charge on any atom is 0.323 e. The number of carboxylic acids is 1. The van der Waals surface area contributed by atoms with E-state index in [0.717, 1.165) is 11.5 Å². The standard InChI is InChI=1S/C9H13N3O3S/c1-3-4-12(5-7(13)14)9(15)8-6(2)10-11-16-8/h3-5H2,1-2H3,(H,13,14). The van der Waals surface area contributed by atoms with Crippen molar-refractivity contribution in [3.8, 4) is 0 Å². The highest BCUT2D eigenvalue weighted by Crippen LogP contribution is 2.12. The molecule has 1 aromatic heterocycles. The van der Waals surface area contributed by atoms with E-state index in [4.69, 9.17) is 5.11 Å². The summed E-state index contributed by atoms with van der Waals surface area (Å²) in [6.45, 7) is 3.70. The van der Waals surface area contributed by atoms with Gasteiger partial charge in [0, 0.05) is 6.54 Å². The van der Waals surface area contributed by atoms with Gasteiger partial charge in [-0.15, -0.1) is 5.10 Å². The number of carbonyl (C=O) groups excluding carboxylic acids is 1. The van der Waals surface area contributed by atoms with Crippen molar-refractivity contribution in [3.05, 3.63) is 10.6 Å². The summed E-state index contributed by atoms with van der Waals surface area (Å²) >= 11 is 0.994. The van der Waals surface area contributed by atoms with E-state index >= 15 is 0 Å². The minimum atomic E-state index is -1.02. The zero-order valence-corrected chi connectivity index (χ0v) is 9.95. The Kier molecular flexibility index (Phi) is 4.36. The summed E-state index contributed by atoms with van der Waals surface area (Å²) in [6, 6.07) is 0. The molecule has 0 aliphatic rings. The van der Waals surface area contributed by atoms with Crippen LogP contribution in [0.4, 0.5) is 0 Å². The van der Waals surface area contributed by atoms with Crippen molar-refractivity contribution < 1.29 is 14.7 Å². The van der Waals surface area contributed by atoms with Gasteiger partial charge in [0.2, 0.25) is 0 Å². The van der Waals surface area contributed by atoms with E-state index in [2.05, 4.69) is 9.59 Å². The average molecular weight is 243 g/mol. The summed E-state index contributed by atoms with van der Waals surface area (Å²) in [4.78, 5) is 24.3. The van der Waals surface area contributed by atoms with Gasteiger partial charge in [0.1, 0.15) is 11.4 Å². The maximum absolute atomic E-state index is 11.9. The molecule has 0 radical (unpaired) electrons. The lowest BCUT2D eigenvalue weighted by Crippen LogP contribution is -2.36. The molecule has 0 atom stereocenters. The number of aryl methyl sites for hydroxylation is 1. The Labute approximate surface area is 97.1 Å². The fourth-order valence-corrected chi connectivity index (χ4v) is 1.88. The van der Waals surface area contributed by atoms with Crippen LogP contribution in [0.5, 0.6) is 0 Å². The van der Waals surface area contributed by atoms with Crippen LogP contribution in [0.2, 0.25) is 0 Å². The summed E-state index contributed by atoms with van der Waals surface area (Å²) in [5.74, 6) is -1.33. The molecule has 6 nitrogen and oxygen atoms in total. The molecule has 1 N–H and O–H groups in total. The van der Waals surface area contributed by atoms with Gasteiger partial charge in [0.05, 0.1) is 5.69 Å². The molecule has 1 amide bonds. The van der Waals surface area contributed by atoms with Crippen LogP contribution in [-0.4, -0.2) is 44.6 Å². The van der Waals surface area contributed by atoms with Crippen molar-refractivity contribution in [3.63, 3.8) is 0 Å². The predicted molar refractivity (Wildman–Crippen MR) is 58.5 cm³/mol. The number of hydrogen-bond donors (Lipinski definition) is 1. The van der Waals surface area contributed by atoms with Crippen LogP contribution in [-0.2, 0) is 4.79 Å². The molecule has 0 bridgehead atoms. The van der Waals surface area contributed by atoms with Crippen LogP contribution in [0.15, 0.2) is 0 Å². The maximum atomic E-state index is 11.9. The number of hydrogen-bond acceptors (Lipinski definition) is 5. The van der Waals surface area contributed by atoms with Gasteiger partial charge < -0.3 is 10.0 Å². The van der Waals surface area contributed by atoms with E-state index in [1.54, 1.807) is 6.92 Å². The van der Waals surface area contributed by atoms with Gasteiger partial charge in [-0.2, -0.15) is 0 Å². The lowest BCUT2D eigenvalue weighted by atomic mass is 10.3. The lowest BCUT2D eigenvalue weighted by Gasteiger charge is -2.18. The summed E-state index contributed by atoms with van der Waals surface area (Å²) < 4.78 is 3.66. The second-order valence-corrected chi connectivity index (χ2v) is 4.06. The lowest BCUT2D eigenvalue weighted by molar-refractivity contribution is -0.137. The molecule has 0 aliphatic heterocycles. The molecule has 0 spiro atoms. The Morgan fingerprint density at radius 2 is 2.19 bits per heavy atom. The van der Waals surface area contributed by atoms with Crippen molar-refractivity contribution in [1.29, 1.82) is 0 Å². The summed E-state index contributed by atoms with van der Waals surface area (Å²) in [5, 5.41) is 12.4. The van der Waals surface area contributed by atoms with Crippen LogP contribution in [0.1, 0.15) is 28.7 Å². The monoisotopic (exact) mass is 243 g/mol. The van der Waals surface area contributed by atoms with Crippen molar-refractivity contribution in [2.75, 3.05) is 13.1 Å². The first-order valence-corrected chi connectivity index (χ1v) is 5.63. The van der Waals surface area contributed by atoms with Gasteiger partial charge in [0.25, 0.3) is 5.91 Å². The Hall–Kier alpha value is -1.50. The van der Waals surface area contributed by atoms with Gasteiger partial charge in [-0.25, -0.2) is 0 Å². The van der Waals surface area contributed by atoms with E-state index in [-0.39, 0.29) is 12.5 Å². The fourth-order valence-electron chi connectivity index (χ4n) is 1.26. The van der Waals surface area contributed by atoms with E-state index in [1.807, 2.05) is 6.92 Å². The molecule has 1 heterocycles. The van der Waals surface area contributed by atoms with E-state index in [0.29, 0.717) is 23.5 Å². The molecule has 0 unspecified atom stereocenters. The Balaban J connectivity index is 2.82. The molecule has 1 aromatic rings. The summed E-state index contributed by atoms with van der Waals surface area (Å²) in [6.07, 6.45) is 0.713. The van der Waals surface area contributed by atoms with Crippen molar-refractivity contribution in [2.24, 2.45) is 0 Å². The zero-order chi connectivity index (χ0) is 12.1. The number of carboxylic acid groups (broad SMARTS) is 1. The zero-order valence-electron chi connectivity index (χ0n) is 9.13. The molecular formula is C9H13N3O3S. The molecule has 88 valence electrons. The third kappa shape index (κ3) is 2.99. The minimum absolute atomic E-state index is 0.288. The van der Waals surface area contributed by atoms with Crippen LogP contribution in [0, 0.1) is 6.92 Å². The molecule has 7 heteroatoms. The average Bonchev–Trinajstić information content (AvgIpc) is 2.62. The topological polar surface area (TPSA) is 83.4 Å². The largest absolute Gasteiger partial charge is 0.480 e. The minimum Gasteiger partial charge on any atom is -0.480 e. The van der Waals surface area contributed by atoms with Crippen molar-refractivity contribution in [2.45, 2.75) is 20.3 Å². The number of aromatic nitrogens is 2. The number of amides is 1. The molecule has 0 saturated heterocycles. The quantitative estimate of drug-likeness (QED) is 0.826. The Morgan fingerprint density at radius 3 is 2.62 bits per heavy atom. The van der Waals surface area contributed by atoms with Gasteiger partial charge in [-0.1, -0.05) is 11.4 Å². The van der Waals surface area contributed by atoms with Gasteiger partial charge >= 0.3 is 5.97 Å². The highest BCUT2D eigenvalue weighted by molar-refractivity contribution is 7.07. The Morgan fingerprint density at radius 1 is 1.50 bits per heavy atom. The third-order valence-electron chi connectivity index (χ3n) is 1.95. The normalized spacial score (nSPS) is 10.1. The molecule has 16 heavy (non-hydrogen) atoms. The molecular weight excluding hydrogens is 230 g/mol. The molecule has 0 fully saturated rings. The SMILES string of the molecule is CCCN(CC(=O)O)C(=O)c1snnc1C. The smallest absolute Gasteiger partial charge is 0.323 e. The van der Waals surface area contributed by atoms with Crippen LogP contribution in [0.25, 0.3) is 0 Å². The van der Waals surface area contributed by atoms with Gasteiger partial charge in [0.15, 0.2) is 0 Å². The van der Waals surface area contributed by atoms with Crippen LogP contribution < -0.4 is 0 Å². The Bertz CT molecular complexity index is 391. The highest BCUT2D eigenvalue weighted by Gasteiger charge is 2.21. The van der Waals surface area contributed by atoms with Crippen molar-refractivity contribution >= 4 is 23.4 Å². The number of rotatable bonds is 5. The second kappa shape index (κ2) is 5.55. The van der Waals surface area contributed by atoms with Gasteiger partial charge in [-0.3, -0.25) is 9.59 Å². The van der Waals surface area contributed by atoms with Crippen LogP contribution in [0.3, 0.4) is 0 Å². The van der Waals surface area contributed by atoms with Gasteiger partial charge in [-0.05, 0) is 24.9 Å². The van der Waals surface area contributed by atoms with Crippen LogP contribution >= 0.6 is 11.5 Å². The third-order valence-corrected chi connectivity index (χ3v) is 2.77. The van der Waals surface area contributed by atoms with E-state index in [9.17, 15) is 9.59 Å². The fraction of sp³-hybridized carbons (Fsp3) is 0.556. The predicted octanol–water partition coefficient (Wildman–Crippen LogP) is 0.783. The number of carbonyl (C=O) groups is 2. The first-order valence-electron chi connectivity index (χ1n) is 4.86. The molecule has 0 aliphatic carbocycles. The highest BCUT2D eigenvalue weighted by atomic mass is 32.1. The first kappa shape index (κ1) is 12.6. The summed E-state index contributed by atoms with van der Waals surface area (Å²) in [5.41, 5.74) is 0.543. The second-order valence-electron chi connectivity index (χ2n) is 3.31. The first-order chi connectivity index (χ1) is 7.56. The number of aliphatic carboxylic acids is 1. The summed E-state index contributed by atoms with van der Waals surface area (Å²) in [7, 11) is 0. The van der Waals surface area contributed by atoms with E-state index < -0.39 is 5.97 Å². The van der Waals surface area contributed by atoms with E-state index in [1.165, 1.54) is 4.90 Å². The molecule has 1 rings (SSSR count). The van der Waals surface area contributed by atoms with Crippen molar-refractivity contribution in [1.82, 2.24) is 14.5 Å². The molecule has 0 saturated carbocycles. The number of nitrogens with zero attached hydrogens (tertiary/aromatic N) is 3. The molecule has 0 aromatic carbocycles.